The van der Waals surface area contributed by atoms with E-state index in [0.717, 1.165) is 25.5 Å². The Balaban J connectivity index is 2.06. The number of guanidine groups is 1. The fraction of sp³-hybridized carbons (Fsp3) is 0.800. The van der Waals surface area contributed by atoms with Crippen LogP contribution in [0, 0.1) is 5.92 Å². The molecule has 86 valence electrons. The van der Waals surface area contributed by atoms with Crippen molar-refractivity contribution in [1.82, 2.24) is 16.0 Å². The van der Waals surface area contributed by atoms with Crippen LogP contribution in [0.2, 0.25) is 0 Å². The second-order valence-electron chi connectivity index (χ2n) is 3.88. The predicted octanol–water partition coefficient (Wildman–Crippen LogP) is -0.302. The van der Waals surface area contributed by atoms with E-state index in [-0.39, 0.29) is 11.8 Å². The molecule has 1 heterocycles. The van der Waals surface area contributed by atoms with E-state index in [1.807, 2.05) is 13.8 Å². The SMILES string of the molecule is CC(C)C(=O)NCCNC1=NCCCN1. The van der Waals surface area contributed by atoms with E-state index in [0.29, 0.717) is 13.1 Å². The molecular weight excluding hydrogens is 192 g/mol. The summed E-state index contributed by atoms with van der Waals surface area (Å²) in [6, 6.07) is 0. The smallest absolute Gasteiger partial charge is 0.222 e. The molecule has 1 aliphatic heterocycles. The zero-order valence-electron chi connectivity index (χ0n) is 9.47. The Labute approximate surface area is 90.7 Å². The summed E-state index contributed by atoms with van der Waals surface area (Å²) in [4.78, 5) is 15.5. The van der Waals surface area contributed by atoms with Crippen LogP contribution in [0.4, 0.5) is 0 Å². The number of carbonyl (C=O) groups excluding carboxylic acids is 1. The molecule has 1 rings (SSSR count). The lowest BCUT2D eigenvalue weighted by molar-refractivity contribution is -0.123. The van der Waals surface area contributed by atoms with Gasteiger partial charge in [-0.15, -0.1) is 0 Å². The first-order valence-corrected chi connectivity index (χ1v) is 5.50. The normalized spacial score (nSPS) is 15.5. The number of amides is 1. The molecule has 1 amide bonds. The van der Waals surface area contributed by atoms with Crippen molar-refractivity contribution in [3.8, 4) is 0 Å². The van der Waals surface area contributed by atoms with Crippen molar-refractivity contribution in [3.63, 3.8) is 0 Å². The largest absolute Gasteiger partial charge is 0.356 e. The lowest BCUT2D eigenvalue weighted by Crippen LogP contribution is -2.44. The Morgan fingerprint density at radius 2 is 2.33 bits per heavy atom. The van der Waals surface area contributed by atoms with Crippen LogP contribution < -0.4 is 16.0 Å². The van der Waals surface area contributed by atoms with Crippen LogP contribution in [0.5, 0.6) is 0 Å². The quantitative estimate of drug-likeness (QED) is 0.560. The second-order valence-corrected chi connectivity index (χ2v) is 3.88. The van der Waals surface area contributed by atoms with Crippen LogP contribution in [0.1, 0.15) is 20.3 Å². The van der Waals surface area contributed by atoms with E-state index in [1.54, 1.807) is 0 Å². The van der Waals surface area contributed by atoms with Gasteiger partial charge in [-0.05, 0) is 6.42 Å². The highest BCUT2D eigenvalue weighted by Crippen LogP contribution is 1.89. The predicted molar refractivity (Wildman–Crippen MR) is 60.8 cm³/mol. The molecule has 0 aromatic heterocycles. The van der Waals surface area contributed by atoms with Crippen LogP contribution in [-0.2, 0) is 4.79 Å². The van der Waals surface area contributed by atoms with E-state index >= 15 is 0 Å². The molecule has 0 aromatic carbocycles. The third-order valence-electron chi connectivity index (χ3n) is 2.14. The van der Waals surface area contributed by atoms with Gasteiger partial charge in [0.05, 0.1) is 0 Å². The average Bonchev–Trinajstić information content (AvgIpc) is 2.25. The first-order valence-electron chi connectivity index (χ1n) is 5.50. The molecule has 0 saturated heterocycles. The number of hydrogen-bond acceptors (Lipinski definition) is 4. The molecule has 0 bridgehead atoms. The summed E-state index contributed by atoms with van der Waals surface area (Å²) in [5.41, 5.74) is 0. The first kappa shape index (κ1) is 11.8. The minimum absolute atomic E-state index is 0.0511. The average molecular weight is 212 g/mol. The molecule has 0 fully saturated rings. The summed E-state index contributed by atoms with van der Waals surface area (Å²) < 4.78 is 0. The minimum atomic E-state index is 0.0511. The third kappa shape index (κ3) is 4.67. The molecule has 0 aliphatic carbocycles. The van der Waals surface area contributed by atoms with Gasteiger partial charge in [-0.3, -0.25) is 9.79 Å². The van der Waals surface area contributed by atoms with Crippen molar-refractivity contribution in [2.24, 2.45) is 10.9 Å². The monoisotopic (exact) mass is 212 g/mol. The van der Waals surface area contributed by atoms with Crippen LogP contribution in [0.3, 0.4) is 0 Å². The van der Waals surface area contributed by atoms with Crippen LogP contribution in [0.25, 0.3) is 0 Å². The van der Waals surface area contributed by atoms with Crippen molar-refractivity contribution in [3.05, 3.63) is 0 Å². The van der Waals surface area contributed by atoms with Crippen molar-refractivity contribution in [1.29, 1.82) is 0 Å². The summed E-state index contributed by atoms with van der Waals surface area (Å²) in [5.74, 6) is 0.991. The Hall–Kier alpha value is -1.26. The number of nitrogens with one attached hydrogen (secondary N) is 3. The highest BCUT2D eigenvalue weighted by atomic mass is 16.1. The van der Waals surface area contributed by atoms with E-state index < -0.39 is 0 Å². The highest BCUT2D eigenvalue weighted by molar-refractivity contribution is 5.80. The van der Waals surface area contributed by atoms with E-state index in [4.69, 9.17) is 0 Å². The Kier molecular flexibility index (Phi) is 4.93. The topological polar surface area (TPSA) is 65.5 Å². The van der Waals surface area contributed by atoms with Crippen molar-refractivity contribution < 1.29 is 4.79 Å². The number of hydrogen-bond donors (Lipinski definition) is 3. The Morgan fingerprint density at radius 1 is 1.53 bits per heavy atom. The van der Waals surface area contributed by atoms with Gasteiger partial charge in [-0.25, -0.2) is 0 Å². The van der Waals surface area contributed by atoms with Gasteiger partial charge in [0.1, 0.15) is 0 Å². The number of aliphatic imine (C=N–C) groups is 1. The Morgan fingerprint density at radius 3 is 2.93 bits per heavy atom. The summed E-state index contributed by atoms with van der Waals surface area (Å²) >= 11 is 0. The maximum Gasteiger partial charge on any atom is 0.222 e. The molecule has 0 atom stereocenters. The van der Waals surface area contributed by atoms with Gasteiger partial charge in [0, 0.05) is 32.1 Å². The molecule has 3 N–H and O–H groups in total. The lowest BCUT2D eigenvalue weighted by atomic mass is 10.2. The third-order valence-corrected chi connectivity index (χ3v) is 2.14. The minimum Gasteiger partial charge on any atom is -0.356 e. The summed E-state index contributed by atoms with van der Waals surface area (Å²) in [6.07, 6.45) is 1.09. The maximum atomic E-state index is 11.2. The van der Waals surface area contributed by atoms with Gasteiger partial charge < -0.3 is 16.0 Å². The maximum absolute atomic E-state index is 11.2. The Bertz CT molecular complexity index is 238. The summed E-state index contributed by atoms with van der Waals surface area (Å²) in [7, 11) is 0. The van der Waals surface area contributed by atoms with Gasteiger partial charge in [-0.1, -0.05) is 13.8 Å². The second kappa shape index (κ2) is 6.27. The first-order chi connectivity index (χ1) is 7.20. The number of nitrogens with zero attached hydrogens (tertiary/aromatic N) is 1. The van der Waals surface area contributed by atoms with E-state index in [1.165, 1.54) is 0 Å². The molecule has 0 saturated carbocycles. The molecule has 0 radical (unpaired) electrons. The van der Waals surface area contributed by atoms with Crippen molar-refractivity contribution >= 4 is 11.9 Å². The molecule has 0 unspecified atom stereocenters. The number of rotatable bonds is 4. The van der Waals surface area contributed by atoms with Crippen molar-refractivity contribution in [2.75, 3.05) is 26.2 Å². The molecule has 5 nitrogen and oxygen atoms in total. The van der Waals surface area contributed by atoms with E-state index in [2.05, 4.69) is 20.9 Å². The van der Waals surface area contributed by atoms with Gasteiger partial charge in [0.15, 0.2) is 5.96 Å². The van der Waals surface area contributed by atoms with Gasteiger partial charge in [-0.2, -0.15) is 0 Å². The summed E-state index contributed by atoms with van der Waals surface area (Å²) in [6.45, 7) is 6.98. The molecule has 0 spiro atoms. The van der Waals surface area contributed by atoms with Crippen LogP contribution >= 0.6 is 0 Å². The van der Waals surface area contributed by atoms with Crippen LogP contribution in [-0.4, -0.2) is 38.0 Å². The van der Waals surface area contributed by atoms with E-state index in [9.17, 15) is 4.79 Å². The van der Waals surface area contributed by atoms with Crippen molar-refractivity contribution in [2.45, 2.75) is 20.3 Å². The zero-order valence-corrected chi connectivity index (χ0v) is 9.47. The van der Waals surface area contributed by atoms with Crippen LogP contribution in [0.15, 0.2) is 4.99 Å². The molecular formula is C10H20N4O. The highest BCUT2D eigenvalue weighted by Gasteiger charge is 2.05. The number of carbonyl (C=O) groups is 1. The summed E-state index contributed by atoms with van der Waals surface area (Å²) in [5, 5.41) is 9.13. The molecule has 15 heavy (non-hydrogen) atoms. The fourth-order valence-corrected chi connectivity index (χ4v) is 1.22. The molecule has 5 heteroatoms. The fourth-order valence-electron chi connectivity index (χ4n) is 1.22. The lowest BCUT2D eigenvalue weighted by Gasteiger charge is -2.16. The molecule has 0 aromatic rings. The van der Waals surface area contributed by atoms with Gasteiger partial charge in [0.25, 0.3) is 0 Å². The zero-order chi connectivity index (χ0) is 11.1. The van der Waals surface area contributed by atoms with Gasteiger partial charge >= 0.3 is 0 Å². The van der Waals surface area contributed by atoms with Gasteiger partial charge in [0.2, 0.25) is 5.91 Å². The molecule has 1 aliphatic rings. The standard InChI is InChI=1S/C10H20N4O/c1-8(2)9(15)11-6-7-14-10-12-4-3-5-13-10/h8H,3-7H2,1-2H3,(H,11,15)(H2,12,13,14).